The van der Waals surface area contributed by atoms with Crippen molar-refractivity contribution in [3.8, 4) is 0 Å². The summed E-state index contributed by atoms with van der Waals surface area (Å²) >= 11 is 0. The summed E-state index contributed by atoms with van der Waals surface area (Å²) in [5.41, 5.74) is 3.02. The molecule has 2 heterocycles. The molecule has 0 spiro atoms. The van der Waals surface area contributed by atoms with Gasteiger partial charge in [-0.2, -0.15) is 0 Å². The highest BCUT2D eigenvalue weighted by Crippen LogP contribution is 2.43. The van der Waals surface area contributed by atoms with Crippen molar-refractivity contribution < 1.29 is 28.8 Å². The van der Waals surface area contributed by atoms with Gasteiger partial charge in [-0.15, -0.1) is 0 Å². The molecule has 2 saturated heterocycles. The number of hydrogen-bond donors (Lipinski definition) is 4. The molecule has 2 aliphatic heterocycles. The summed E-state index contributed by atoms with van der Waals surface area (Å²) in [6.45, 7) is 5.88. The predicted octanol–water partition coefficient (Wildman–Crippen LogP) is 7.36. The molecule has 66 heavy (non-hydrogen) atoms. The van der Waals surface area contributed by atoms with Gasteiger partial charge >= 0.3 is 0 Å². The van der Waals surface area contributed by atoms with Gasteiger partial charge in [-0.25, -0.2) is 0 Å². The van der Waals surface area contributed by atoms with Crippen LogP contribution in [0.1, 0.15) is 147 Å². The van der Waals surface area contributed by atoms with E-state index < -0.39 is 23.7 Å². The summed E-state index contributed by atoms with van der Waals surface area (Å²) in [5.74, 6) is -3.83. The maximum absolute atomic E-state index is 14.1. The first-order chi connectivity index (χ1) is 32.2. The van der Waals surface area contributed by atoms with Gasteiger partial charge in [0.05, 0.1) is 23.7 Å². The third-order valence-electron chi connectivity index (χ3n) is 14.3. The standard InChI is InChI=1S/C54H72N6O6/c1-3-5-7-9-11-19-29-55-49(61)43-33-59(34-44(43)50(62)56-30-20-12-10-8-6-4-2)53(65)39-25-27-40(28-26-39)54(66)60-35-45(51(63)57-47-31-41(47)37-21-15-13-16-22-37)46(36-60)52(64)58-48-32-42(48)38-23-17-14-18-24-38/h13-18,21-28,41-48H,3-12,19-20,29-36H2,1-2H3,(H,55,61)(H,56,62)(H,57,63)(H,58,64)/t41-,42-,43-,44-,45-,46-,47+,48+/m1/s1. The monoisotopic (exact) mass is 901 g/mol. The molecule has 0 radical (unpaired) electrons. The molecule has 2 saturated carbocycles. The van der Waals surface area contributed by atoms with Crippen LogP contribution in [0.2, 0.25) is 0 Å². The number of carbonyl (C=O) groups is 6. The van der Waals surface area contributed by atoms with Gasteiger partial charge in [-0.3, -0.25) is 28.8 Å². The highest BCUT2D eigenvalue weighted by Gasteiger charge is 2.49. The topological polar surface area (TPSA) is 157 Å². The van der Waals surface area contributed by atoms with Gasteiger partial charge in [0.2, 0.25) is 23.6 Å². The maximum atomic E-state index is 14.1. The molecular weight excluding hydrogens is 829 g/mol. The zero-order valence-electron chi connectivity index (χ0n) is 39.2. The second-order valence-corrected chi connectivity index (χ2v) is 19.3. The average molecular weight is 901 g/mol. The van der Waals surface area contributed by atoms with E-state index in [-0.39, 0.29) is 85.5 Å². The van der Waals surface area contributed by atoms with Crippen molar-refractivity contribution >= 4 is 35.4 Å². The fourth-order valence-corrected chi connectivity index (χ4v) is 10.0. The zero-order valence-corrected chi connectivity index (χ0v) is 39.2. The van der Waals surface area contributed by atoms with Crippen LogP contribution in [-0.4, -0.2) is 96.6 Å². The zero-order chi connectivity index (χ0) is 46.4. The van der Waals surface area contributed by atoms with Crippen LogP contribution in [0.25, 0.3) is 0 Å². The molecule has 4 N–H and O–H groups in total. The molecule has 3 aromatic carbocycles. The second-order valence-electron chi connectivity index (χ2n) is 19.3. The smallest absolute Gasteiger partial charge is 0.253 e. The third kappa shape index (κ3) is 12.9. The van der Waals surface area contributed by atoms with Gasteiger partial charge in [-0.1, -0.05) is 139 Å². The van der Waals surface area contributed by atoms with Crippen molar-refractivity contribution in [1.82, 2.24) is 31.1 Å². The number of nitrogens with one attached hydrogen (secondary N) is 4. The normalized spacial score (nSPS) is 24.1. The minimum atomic E-state index is -0.720. The molecule has 354 valence electrons. The van der Waals surface area contributed by atoms with E-state index in [1.807, 2.05) is 36.4 Å². The van der Waals surface area contributed by atoms with Crippen LogP contribution in [0.15, 0.2) is 84.9 Å². The lowest BCUT2D eigenvalue weighted by molar-refractivity contribution is -0.133. The first-order valence-electron chi connectivity index (χ1n) is 25.1. The Morgan fingerprint density at radius 3 is 1.14 bits per heavy atom. The highest BCUT2D eigenvalue weighted by atomic mass is 16.2. The van der Waals surface area contributed by atoms with E-state index in [4.69, 9.17) is 0 Å². The van der Waals surface area contributed by atoms with E-state index in [2.05, 4.69) is 59.4 Å². The van der Waals surface area contributed by atoms with Crippen LogP contribution in [0.3, 0.4) is 0 Å². The lowest BCUT2D eigenvalue weighted by Crippen LogP contribution is -2.43. The fourth-order valence-electron chi connectivity index (χ4n) is 10.0. The molecule has 0 bridgehead atoms. The Morgan fingerprint density at radius 1 is 0.439 bits per heavy atom. The molecule has 12 nitrogen and oxygen atoms in total. The van der Waals surface area contributed by atoms with E-state index >= 15 is 0 Å². The largest absolute Gasteiger partial charge is 0.356 e. The number of carbonyl (C=O) groups excluding carboxylic acids is 6. The molecule has 7 rings (SSSR count). The fraction of sp³-hybridized carbons (Fsp3) is 0.556. The minimum absolute atomic E-state index is 0.0236. The van der Waals surface area contributed by atoms with Gasteiger partial charge in [0.25, 0.3) is 11.8 Å². The number of nitrogens with zero attached hydrogens (tertiary/aromatic N) is 2. The maximum Gasteiger partial charge on any atom is 0.253 e. The van der Waals surface area contributed by atoms with Gasteiger partial charge in [0, 0.05) is 74.3 Å². The number of likely N-dealkylation sites (tertiary alicyclic amines) is 2. The summed E-state index contributed by atoms with van der Waals surface area (Å²) in [6, 6.07) is 26.5. The van der Waals surface area contributed by atoms with Crippen LogP contribution in [0.5, 0.6) is 0 Å². The predicted molar refractivity (Wildman–Crippen MR) is 256 cm³/mol. The van der Waals surface area contributed by atoms with Crippen molar-refractivity contribution in [2.24, 2.45) is 23.7 Å². The lowest BCUT2D eigenvalue weighted by Gasteiger charge is -2.18. The minimum Gasteiger partial charge on any atom is -0.356 e. The first kappa shape index (κ1) is 48.4. The molecular formula is C54H72N6O6. The molecule has 6 amide bonds. The molecule has 3 aromatic rings. The Bertz CT molecular complexity index is 1980. The van der Waals surface area contributed by atoms with Crippen molar-refractivity contribution in [1.29, 1.82) is 0 Å². The second kappa shape index (κ2) is 23.8. The van der Waals surface area contributed by atoms with Crippen LogP contribution in [-0.2, 0) is 19.2 Å². The molecule has 2 aliphatic carbocycles. The molecule has 12 heteroatoms. The Labute approximate surface area is 391 Å². The van der Waals surface area contributed by atoms with Crippen LogP contribution in [0.4, 0.5) is 0 Å². The Balaban J connectivity index is 0.975. The molecule has 8 atom stereocenters. The summed E-state index contributed by atoms with van der Waals surface area (Å²) in [5, 5.41) is 12.5. The molecule has 4 fully saturated rings. The van der Waals surface area contributed by atoms with Gasteiger partial charge in [0.1, 0.15) is 0 Å². The van der Waals surface area contributed by atoms with Crippen LogP contribution >= 0.6 is 0 Å². The van der Waals surface area contributed by atoms with E-state index in [9.17, 15) is 28.8 Å². The number of benzene rings is 3. The number of unbranched alkanes of at least 4 members (excludes halogenated alkanes) is 10. The van der Waals surface area contributed by atoms with E-state index in [1.165, 1.54) is 49.7 Å². The van der Waals surface area contributed by atoms with Crippen LogP contribution < -0.4 is 21.3 Å². The summed E-state index contributed by atoms with van der Waals surface area (Å²) in [4.78, 5) is 86.4. The average Bonchev–Trinajstić information content (AvgIpc) is 4.18. The van der Waals surface area contributed by atoms with Crippen molar-refractivity contribution in [2.45, 2.75) is 128 Å². The van der Waals surface area contributed by atoms with Gasteiger partial charge < -0.3 is 31.1 Å². The Hall–Kier alpha value is -5.52. The molecule has 4 aliphatic rings. The number of hydrogen-bond acceptors (Lipinski definition) is 6. The van der Waals surface area contributed by atoms with Gasteiger partial charge in [-0.05, 0) is 61.1 Å². The molecule has 0 aromatic heterocycles. The van der Waals surface area contributed by atoms with E-state index in [0.717, 1.165) is 51.4 Å². The highest BCUT2D eigenvalue weighted by molar-refractivity contribution is 6.00. The number of rotatable bonds is 24. The van der Waals surface area contributed by atoms with Gasteiger partial charge in [0.15, 0.2) is 0 Å². The third-order valence-corrected chi connectivity index (χ3v) is 14.3. The SMILES string of the molecule is CCCCCCCCNC(=O)[C@@H]1CN(C(=O)c2ccc(C(=O)N3C[C@@H](C(=O)N[C@H]4C[C@@H]4c4ccccc4)[C@H](C(=O)N[C@H]4C[C@@H]4c4ccccc4)C3)cc2)C[C@H]1C(=O)NCCCCCCCC. The first-order valence-corrected chi connectivity index (χ1v) is 25.1. The van der Waals surface area contributed by atoms with Crippen molar-refractivity contribution in [3.05, 3.63) is 107 Å². The lowest BCUT2D eigenvalue weighted by atomic mass is 9.94. The Morgan fingerprint density at radius 2 is 0.773 bits per heavy atom. The summed E-state index contributed by atoms with van der Waals surface area (Å²) in [7, 11) is 0. The summed E-state index contributed by atoms with van der Waals surface area (Å²) < 4.78 is 0. The Kier molecular flexibility index (Phi) is 17.4. The van der Waals surface area contributed by atoms with E-state index in [0.29, 0.717) is 24.2 Å². The van der Waals surface area contributed by atoms with Crippen LogP contribution in [0, 0.1) is 23.7 Å². The van der Waals surface area contributed by atoms with Crippen molar-refractivity contribution in [2.75, 3.05) is 39.3 Å². The molecule has 0 unspecified atom stereocenters. The quantitative estimate of drug-likeness (QED) is 0.0689. The van der Waals surface area contributed by atoms with E-state index in [1.54, 1.807) is 34.1 Å². The summed E-state index contributed by atoms with van der Waals surface area (Å²) in [6.07, 6.45) is 14.8. The number of amides is 6. The van der Waals surface area contributed by atoms with Crippen molar-refractivity contribution in [3.63, 3.8) is 0 Å².